The second kappa shape index (κ2) is 19.0. The Hall–Kier alpha value is -5.48. The third kappa shape index (κ3) is 11.5. The fourth-order valence-corrected chi connectivity index (χ4v) is 4.36. The maximum Gasteiger partial charge on any atom is 0.314 e. The number of carbonyl (C=O) groups excluding carboxylic acids is 1. The van der Waals surface area contributed by atoms with E-state index in [1.807, 2.05) is 92.7 Å². The number of aliphatic carboxylic acids is 3. The molecular weight excluding hydrogens is 590 g/mol. The van der Waals surface area contributed by atoms with Crippen molar-refractivity contribution < 1.29 is 44.0 Å². The summed E-state index contributed by atoms with van der Waals surface area (Å²) in [4.78, 5) is 40.5. The number of nitrogens with two attached hydrogens (primary N) is 1. The van der Waals surface area contributed by atoms with Crippen LogP contribution in [0.15, 0.2) is 84.9 Å². The van der Waals surface area contributed by atoms with E-state index in [9.17, 15) is 19.2 Å². The average Bonchev–Trinajstić information content (AvgIpc) is 3.00. The molecule has 4 aromatic rings. The van der Waals surface area contributed by atoms with Crippen molar-refractivity contribution in [2.45, 2.75) is 40.2 Å². The molecule has 0 aliphatic heterocycles. The van der Waals surface area contributed by atoms with E-state index in [4.69, 9.17) is 30.5 Å². The van der Waals surface area contributed by atoms with Crippen molar-refractivity contribution in [2.24, 2.45) is 5.73 Å². The predicted molar refractivity (Wildman–Crippen MR) is 178 cm³/mol. The third-order valence-electron chi connectivity index (χ3n) is 6.58. The number of hydrogen-bond donors (Lipinski definition) is 4. The Labute approximate surface area is 269 Å². The number of methoxy groups -OCH3 is 2. The topological polar surface area (TPSA) is 173 Å². The Morgan fingerprint density at radius 1 is 0.696 bits per heavy atom. The fraction of sp³-hybridized carbons (Fsp3) is 0.222. The van der Waals surface area contributed by atoms with Gasteiger partial charge in [0, 0.05) is 22.7 Å². The molecule has 1 atom stereocenters. The number of aldehydes is 1. The summed E-state index contributed by atoms with van der Waals surface area (Å²) in [5.74, 6) is -2.00. The molecule has 244 valence electrons. The molecule has 0 saturated carbocycles. The lowest BCUT2D eigenvalue weighted by molar-refractivity contribution is -0.147. The molecule has 46 heavy (non-hydrogen) atoms. The molecule has 0 heterocycles. The van der Waals surface area contributed by atoms with Gasteiger partial charge < -0.3 is 30.5 Å². The SMILES string of the molecule is C.COc1ccc(C(N)CC(=O)O)cc1-c1ccccc1C.COc1ccc(C=O)cc1-c1ccccc1C.O=C(O)CC(=O)O. The first-order valence-electron chi connectivity index (χ1n) is 13.8. The summed E-state index contributed by atoms with van der Waals surface area (Å²) in [6.07, 6.45) is -0.0548. The summed E-state index contributed by atoms with van der Waals surface area (Å²) in [6.45, 7) is 4.07. The monoisotopic (exact) mass is 631 g/mol. The smallest absolute Gasteiger partial charge is 0.314 e. The molecule has 0 saturated heterocycles. The van der Waals surface area contributed by atoms with E-state index < -0.39 is 30.4 Å². The van der Waals surface area contributed by atoms with Crippen LogP contribution >= 0.6 is 0 Å². The van der Waals surface area contributed by atoms with Crippen LogP contribution in [0.3, 0.4) is 0 Å². The van der Waals surface area contributed by atoms with E-state index >= 15 is 0 Å². The first kappa shape index (κ1) is 38.5. The van der Waals surface area contributed by atoms with Crippen LogP contribution in [0.5, 0.6) is 11.5 Å². The molecule has 0 aliphatic carbocycles. The van der Waals surface area contributed by atoms with Crippen molar-refractivity contribution in [2.75, 3.05) is 14.2 Å². The summed E-state index contributed by atoms with van der Waals surface area (Å²) >= 11 is 0. The van der Waals surface area contributed by atoms with E-state index in [-0.39, 0.29) is 13.8 Å². The molecule has 10 nitrogen and oxygen atoms in total. The van der Waals surface area contributed by atoms with Gasteiger partial charge in [-0.15, -0.1) is 0 Å². The summed E-state index contributed by atoms with van der Waals surface area (Å²) in [5.41, 5.74) is 13.7. The van der Waals surface area contributed by atoms with E-state index in [0.717, 1.165) is 56.7 Å². The van der Waals surface area contributed by atoms with Crippen molar-refractivity contribution >= 4 is 24.2 Å². The highest BCUT2D eigenvalue weighted by Crippen LogP contribution is 2.35. The van der Waals surface area contributed by atoms with Crippen LogP contribution in [0.4, 0.5) is 0 Å². The zero-order valence-electron chi connectivity index (χ0n) is 25.5. The van der Waals surface area contributed by atoms with Crippen molar-refractivity contribution in [1.29, 1.82) is 0 Å². The molecule has 0 radical (unpaired) electrons. The lowest BCUT2D eigenvalue weighted by atomic mass is 9.95. The number of carboxylic acids is 3. The zero-order valence-corrected chi connectivity index (χ0v) is 25.5. The first-order valence-corrected chi connectivity index (χ1v) is 13.8. The van der Waals surface area contributed by atoms with Crippen LogP contribution in [0.1, 0.15) is 53.4 Å². The quantitative estimate of drug-likeness (QED) is 0.108. The Kier molecular flexibility index (Phi) is 15.9. The molecule has 0 aliphatic rings. The van der Waals surface area contributed by atoms with E-state index in [2.05, 4.69) is 0 Å². The molecule has 0 spiro atoms. The molecule has 10 heteroatoms. The van der Waals surface area contributed by atoms with Crippen LogP contribution in [0.25, 0.3) is 22.3 Å². The van der Waals surface area contributed by atoms with Gasteiger partial charge in [-0.3, -0.25) is 19.2 Å². The van der Waals surface area contributed by atoms with Gasteiger partial charge in [0.15, 0.2) is 0 Å². The van der Waals surface area contributed by atoms with Gasteiger partial charge in [-0.05, 0) is 72.0 Å². The number of benzene rings is 4. The summed E-state index contributed by atoms with van der Waals surface area (Å²) in [5, 5.41) is 24.3. The molecule has 1 unspecified atom stereocenters. The minimum atomic E-state index is -1.31. The third-order valence-corrected chi connectivity index (χ3v) is 6.58. The predicted octanol–water partition coefficient (Wildman–Crippen LogP) is 6.81. The maximum absolute atomic E-state index is 10.8. The molecule has 0 amide bonds. The van der Waals surface area contributed by atoms with Gasteiger partial charge in [-0.25, -0.2) is 0 Å². The van der Waals surface area contributed by atoms with Crippen LogP contribution in [-0.4, -0.2) is 53.7 Å². The van der Waals surface area contributed by atoms with E-state index in [1.54, 1.807) is 20.3 Å². The van der Waals surface area contributed by atoms with Gasteiger partial charge in [0.25, 0.3) is 0 Å². The Morgan fingerprint density at radius 3 is 1.54 bits per heavy atom. The number of aryl methyl sites for hydroxylation is 2. The van der Waals surface area contributed by atoms with Crippen LogP contribution in [0, 0.1) is 13.8 Å². The highest BCUT2D eigenvalue weighted by molar-refractivity contribution is 5.88. The Morgan fingerprint density at radius 2 is 1.15 bits per heavy atom. The van der Waals surface area contributed by atoms with Crippen molar-refractivity contribution in [1.82, 2.24) is 0 Å². The molecule has 4 rings (SSSR count). The first-order chi connectivity index (χ1) is 21.4. The molecule has 4 aromatic carbocycles. The highest BCUT2D eigenvalue weighted by atomic mass is 16.5. The normalized spacial score (nSPS) is 10.4. The molecule has 0 bridgehead atoms. The van der Waals surface area contributed by atoms with E-state index in [0.29, 0.717) is 5.56 Å². The van der Waals surface area contributed by atoms with Crippen LogP contribution < -0.4 is 15.2 Å². The maximum atomic E-state index is 10.8. The van der Waals surface area contributed by atoms with Crippen LogP contribution in [0.2, 0.25) is 0 Å². The summed E-state index contributed by atoms with van der Waals surface area (Å²) in [7, 11) is 3.26. The van der Waals surface area contributed by atoms with Crippen LogP contribution in [-0.2, 0) is 14.4 Å². The standard InChI is InChI=1S/C17H19NO3.C15H14O2.C3H4O4.CH4/c1-11-5-3-4-6-13(11)14-9-12(7-8-16(14)21-2)15(18)10-17(19)20;1-11-5-3-4-6-13(11)14-9-12(10-16)7-8-15(14)17-2;4-2(5)1-3(6)7;/h3-9,15H,10,18H2,1-2H3,(H,19,20);3-10H,1-2H3;1H2,(H,4,5)(H,6,7);1H4. The van der Waals surface area contributed by atoms with Gasteiger partial charge in [-0.1, -0.05) is 62.0 Å². The molecule has 0 aromatic heterocycles. The number of carbonyl (C=O) groups is 4. The van der Waals surface area contributed by atoms with Gasteiger partial charge >= 0.3 is 17.9 Å². The molecular formula is C36H41NO9. The largest absolute Gasteiger partial charge is 0.496 e. The highest BCUT2D eigenvalue weighted by Gasteiger charge is 2.15. The minimum Gasteiger partial charge on any atom is -0.496 e. The Bertz CT molecular complexity index is 1620. The second-order valence-electron chi connectivity index (χ2n) is 9.84. The minimum absolute atomic E-state index is 0. The number of ether oxygens (including phenoxy) is 2. The Balaban J connectivity index is 0.000000381. The molecule has 0 fully saturated rings. The van der Waals surface area contributed by atoms with Gasteiger partial charge in [0.05, 0.1) is 20.6 Å². The van der Waals surface area contributed by atoms with Gasteiger partial charge in [-0.2, -0.15) is 0 Å². The van der Waals surface area contributed by atoms with E-state index in [1.165, 1.54) is 0 Å². The van der Waals surface area contributed by atoms with Gasteiger partial charge in [0.2, 0.25) is 0 Å². The zero-order chi connectivity index (χ0) is 33.5. The number of rotatable bonds is 10. The molecule has 5 N–H and O–H groups in total. The number of hydrogen-bond acceptors (Lipinski definition) is 7. The lowest BCUT2D eigenvalue weighted by Gasteiger charge is -2.15. The summed E-state index contributed by atoms with van der Waals surface area (Å²) < 4.78 is 10.8. The lowest BCUT2D eigenvalue weighted by Crippen LogP contribution is -2.15. The van der Waals surface area contributed by atoms with Crippen molar-refractivity contribution in [3.8, 4) is 33.8 Å². The average molecular weight is 632 g/mol. The van der Waals surface area contributed by atoms with Crippen molar-refractivity contribution in [3.05, 3.63) is 107 Å². The van der Waals surface area contributed by atoms with Crippen molar-refractivity contribution in [3.63, 3.8) is 0 Å². The number of carboxylic acid groups (broad SMARTS) is 3. The fourth-order valence-electron chi connectivity index (χ4n) is 4.36. The summed E-state index contributed by atoms with van der Waals surface area (Å²) in [6, 6.07) is 26.5. The second-order valence-corrected chi connectivity index (χ2v) is 9.84. The van der Waals surface area contributed by atoms with Gasteiger partial charge in [0.1, 0.15) is 24.2 Å².